The van der Waals surface area contributed by atoms with Crippen LogP contribution in [0.2, 0.25) is 5.02 Å². The molecule has 1 amide bonds. The lowest BCUT2D eigenvalue weighted by Crippen LogP contribution is -2.50. The standard InChI is InChI=1S/C36H46ClN5O9S2/c1-2-15-48-16-17-49-18-19-50-20-21-51-22-24-52(44,45)23-3-12-41-32-7-4-28(37)25-31(32)39-34(41)27-42-33-26-38-11-8-30(33)36(35(42)43)9-13-40(14-10-36)53(46,47)29-5-6-29/h1,4,7-8,11,25-26,29H,3,5-6,9-10,12-24,27H2. The number of terminal acetylenes is 1. The number of sulfone groups is 1. The maximum atomic E-state index is 14.4. The van der Waals surface area contributed by atoms with Crippen molar-refractivity contribution in [1.82, 2.24) is 18.8 Å². The van der Waals surface area contributed by atoms with E-state index in [1.807, 2.05) is 16.7 Å². The van der Waals surface area contributed by atoms with Crippen molar-refractivity contribution in [1.29, 1.82) is 0 Å². The number of carbonyl (C=O) groups is 1. The molecule has 1 aliphatic carbocycles. The van der Waals surface area contributed by atoms with Gasteiger partial charge in [-0.3, -0.25) is 9.78 Å². The van der Waals surface area contributed by atoms with Crippen molar-refractivity contribution in [3.8, 4) is 12.3 Å². The molecule has 17 heteroatoms. The molecule has 0 atom stereocenters. The highest BCUT2D eigenvalue weighted by atomic mass is 35.5. The molecular formula is C36H46ClN5O9S2. The second-order valence-corrected chi connectivity index (χ2v) is 18.4. The molecule has 1 aromatic carbocycles. The minimum Gasteiger partial charge on any atom is -0.378 e. The first-order valence-corrected chi connectivity index (χ1v) is 21.6. The van der Waals surface area contributed by atoms with Gasteiger partial charge in [-0.15, -0.1) is 6.42 Å². The van der Waals surface area contributed by atoms with E-state index in [0.29, 0.717) is 93.7 Å². The van der Waals surface area contributed by atoms with Crippen molar-refractivity contribution in [2.45, 2.75) is 55.9 Å². The number of carbonyl (C=O) groups excluding carboxylic acids is 1. The van der Waals surface area contributed by atoms with Gasteiger partial charge in [-0.2, -0.15) is 0 Å². The quantitative estimate of drug-likeness (QED) is 0.115. The number of piperidine rings is 1. The molecule has 2 aliphatic heterocycles. The Kier molecular flexibility index (Phi) is 13.1. The fourth-order valence-electron chi connectivity index (χ4n) is 7.01. The molecule has 288 valence electrons. The first kappa shape index (κ1) is 39.6. The number of aromatic nitrogens is 3. The fraction of sp³-hybridized carbons (Fsp3) is 0.583. The summed E-state index contributed by atoms with van der Waals surface area (Å²) in [5.74, 6) is 2.69. The van der Waals surface area contributed by atoms with E-state index >= 15 is 0 Å². The Hall–Kier alpha value is -3.14. The van der Waals surface area contributed by atoms with Gasteiger partial charge in [0.25, 0.3) is 0 Å². The number of halogens is 1. The largest absolute Gasteiger partial charge is 0.378 e. The van der Waals surface area contributed by atoms with Gasteiger partial charge in [-0.05, 0) is 61.9 Å². The number of anilines is 1. The van der Waals surface area contributed by atoms with Crippen LogP contribution in [0.5, 0.6) is 0 Å². The molecule has 1 spiro atoms. The number of hydrogen-bond donors (Lipinski definition) is 0. The monoisotopic (exact) mass is 791 g/mol. The van der Waals surface area contributed by atoms with Gasteiger partial charge in [0.15, 0.2) is 9.84 Å². The SMILES string of the molecule is C#CCOCCOCCOCCOCCS(=O)(=O)CCCn1c(CN2C(=O)C3(CCN(S(=O)(=O)C4CC4)CC3)c3ccncc32)nc2cc(Cl)ccc21. The number of rotatable bonds is 21. The summed E-state index contributed by atoms with van der Waals surface area (Å²) in [6.45, 7) is 3.57. The van der Waals surface area contributed by atoms with Crippen molar-refractivity contribution in [3.63, 3.8) is 0 Å². The van der Waals surface area contributed by atoms with Crippen LogP contribution in [0.25, 0.3) is 11.0 Å². The fourth-order valence-corrected chi connectivity index (χ4v) is 10.2. The molecule has 4 heterocycles. The average Bonchev–Trinajstić information content (AvgIpc) is 3.93. The smallest absolute Gasteiger partial charge is 0.238 e. The van der Waals surface area contributed by atoms with E-state index in [2.05, 4.69) is 10.9 Å². The van der Waals surface area contributed by atoms with Gasteiger partial charge >= 0.3 is 0 Å². The number of pyridine rings is 1. The summed E-state index contributed by atoms with van der Waals surface area (Å²) in [6, 6.07) is 7.21. The first-order valence-electron chi connectivity index (χ1n) is 17.9. The molecule has 1 saturated heterocycles. The molecule has 2 fully saturated rings. The lowest BCUT2D eigenvalue weighted by atomic mass is 9.74. The Labute approximate surface area is 316 Å². The molecule has 53 heavy (non-hydrogen) atoms. The minimum absolute atomic E-state index is 0.0548. The number of ether oxygens (including phenoxy) is 4. The van der Waals surface area contributed by atoms with Crippen molar-refractivity contribution in [2.24, 2.45) is 0 Å². The Bertz CT molecular complexity index is 2010. The average molecular weight is 792 g/mol. The van der Waals surface area contributed by atoms with E-state index in [1.165, 1.54) is 0 Å². The third-order valence-corrected chi connectivity index (χ3v) is 14.2. The molecule has 0 radical (unpaired) electrons. The summed E-state index contributed by atoms with van der Waals surface area (Å²) in [4.78, 5) is 25.3. The molecule has 14 nitrogen and oxygen atoms in total. The van der Waals surface area contributed by atoms with E-state index < -0.39 is 25.3 Å². The van der Waals surface area contributed by atoms with E-state index in [-0.39, 0.29) is 62.1 Å². The highest BCUT2D eigenvalue weighted by Crippen LogP contribution is 2.49. The number of fused-ring (bicyclic) bond motifs is 3. The van der Waals surface area contributed by atoms with Crippen LogP contribution in [-0.2, 0) is 62.1 Å². The van der Waals surface area contributed by atoms with Crippen LogP contribution >= 0.6 is 11.6 Å². The highest BCUT2D eigenvalue weighted by molar-refractivity contribution is 7.91. The van der Waals surface area contributed by atoms with E-state index in [0.717, 1.165) is 11.1 Å². The molecule has 3 aromatic rings. The van der Waals surface area contributed by atoms with Gasteiger partial charge in [0, 0.05) is 30.9 Å². The summed E-state index contributed by atoms with van der Waals surface area (Å²) in [5.41, 5.74) is 2.08. The van der Waals surface area contributed by atoms with Gasteiger partial charge in [0.05, 0.1) is 97.9 Å². The van der Waals surface area contributed by atoms with Crippen molar-refractivity contribution < 1.29 is 40.6 Å². The predicted molar refractivity (Wildman–Crippen MR) is 200 cm³/mol. The number of imidazole rings is 1. The molecule has 1 saturated carbocycles. The Morgan fingerprint density at radius 2 is 1.60 bits per heavy atom. The van der Waals surface area contributed by atoms with Crippen molar-refractivity contribution in [2.75, 3.05) is 82.4 Å². The lowest BCUT2D eigenvalue weighted by Gasteiger charge is -2.37. The number of amides is 1. The Morgan fingerprint density at radius 1 is 0.925 bits per heavy atom. The number of nitrogens with zero attached hydrogens (tertiary/aromatic N) is 5. The van der Waals surface area contributed by atoms with E-state index in [9.17, 15) is 21.6 Å². The van der Waals surface area contributed by atoms with Crippen LogP contribution in [0.1, 0.15) is 43.5 Å². The highest BCUT2D eigenvalue weighted by Gasteiger charge is 2.54. The third-order valence-electron chi connectivity index (χ3n) is 9.91. The number of benzene rings is 1. The van der Waals surface area contributed by atoms with Crippen LogP contribution in [-0.4, -0.2) is 124 Å². The Morgan fingerprint density at radius 3 is 2.28 bits per heavy atom. The van der Waals surface area contributed by atoms with Gasteiger partial charge in [-0.1, -0.05) is 17.5 Å². The summed E-state index contributed by atoms with van der Waals surface area (Å²) < 4.78 is 76.7. The lowest BCUT2D eigenvalue weighted by molar-refractivity contribution is -0.124. The summed E-state index contributed by atoms with van der Waals surface area (Å²) in [6.07, 6.45) is 10.9. The van der Waals surface area contributed by atoms with Gasteiger partial charge < -0.3 is 28.4 Å². The first-order chi connectivity index (χ1) is 25.6. The maximum absolute atomic E-state index is 14.4. The van der Waals surface area contributed by atoms with Crippen molar-refractivity contribution in [3.05, 3.63) is 53.1 Å². The molecule has 6 rings (SSSR count). The number of aryl methyl sites for hydroxylation is 1. The molecule has 0 bridgehead atoms. The summed E-state index contributed by atoms with van der Waals surface area (Å²) in [7, 11) is -6.76. The van der Waals surface area contributed by atoms with Gasteiger partial charge in [0.2, 0.25) is 15.9 Å². The third kappa shape index (κ3) is 9.40. The molecule has 0 N–H and O–H groups in total. The molecular weight excluding hydrogens is 746 g/mol. The van der Waals surface area contributed by atoms with E-state index in [4.69, 9.17) is 42.0 Å². The van der Waals surface area contributed by atoms with Gasteiger partial charge in [0.1, 0.15) is 12.4 Å². The maximum Gasteiger partial charge on any atom is 0.238 e. The zero-order valence-corrected chi connectivity index (χ0v) is 32.0. The molecule has 0 unspecified atom stereocenters. The number of sulfonamides is 1. The zero-order chi connectivity index (χ0) is 37.5. The zero-order valence-electron chi connectivity index (χ0n) is 29.7. The molecule has 2 aromatic heterocycles. The number of hydrogen-bond acceptors (Lipinski definition) is 11. The Balaban J connectivity index is 1.03. The van der Waals surface area contributed by atoms with Crippen LogP contribution in [0.3, 0.4) is 0 Å². The summed E-state index contributed by atoms with van der Waals surface area (Å²) in [5, 5.41) is 0.211. The van der Waals surface area contributed by atoms with Gasteiger partial charge in [-0.25, -0.2) is 26.1 Å². The van der Waals surface area contributed by atoms with E-state index in [1.54, 1.807) is 33.7 Å². The van der Waals surface area contributed by atoms with Crippen molar-refractivity contribution >= 4 is 54.1 Å². The van der Waals surface area contributed by atoms with Crippen LogP contribution in [0, 0.1) is 12.3 Å². The van der Waals surface area contributed by atoms with Crippen LogP contribution in [0.15, 0.2) is 36.7 Å². The second kappa shape index (κ2) is 17.5. The summed E-state index contributed by atoms with van der Waals surface area (Å²) >= 11 is 6.31. The second-order valence-electron chi connectivity index (χ2n) is 13.4. The molecule has 3 aliphatic rings. The minimum atomic E-state index is -3.41. The normalized spacial score (nSPS) is 17.5. The topological polar surface area (TPSA) is 159 Å². The predicted octanol–water partition coefficient (Wildman–Crippen LogP) is 2.96. The van der Waals surface area contributed by atoms with Crippen LogP contribution in [0.4, 0.5) is 5.69 Å². The van der Waals surface area contributed by atoms with Crippen LogP contribution < -0.4 is 4.90 Å².